The van der Waals surface area contributed by atoms with E-state index in [2.05, 4.69) is 0 Å². The number of hydrogen-bond acceptors (Lipinski definition) is 5. The lowest BCUT2D eigenvalue weighted by atomic mass is 9.72. The highest BCUT2D eigenvalue weighted by Gasteiger charge is 2.75. The first-order chi connectivity index (χ1) is 9.51. The molecule has 4 N–H and O–H groups in total. The van der Waals surface area contributed by atoms with Gasteiger partial charge in [0, 0.05) is 12.5 Å². The van der Waals surface area contributed by atoms with E-state index in [-0.39, 0.29) is 11.8 Å². The van der Waals surface area contributed by atoms with Crippen LogP contribution < -0.4 is 0 Å². The van der Waals surface area contributed by atoms with Gasteiger partial charge in [0.2, 0.25) is 5.91 Å². The average Bonchev–Trinajstić information content (AvgIpc) is 3.23. The van der Waals surface area contributed by atoms with Gasteiger partial charge < -0.3 is 20.4 Å². The monoisotopic (exact) mass is 303 g/mol. The minimum atomic E-state index is -2.33. The van der Waals surface area contributed by atoms with Crippen LogP contribution in [0.5, 0.6) is 0 Å². The first-order valence-electron chi connectivity index (χ1n) is 7.82. The molecule has 3 rings (SSSR count). The Hall–Kier alpha value is -0.270. The van der Waals surface area contributed by atoms with Crippen LogP contribution in [0, 0.1) is 17.3 Å². The fraction of sp³-hybridized carbons (Fsp3) is 1.00. The quantitative estimate of drug-likeness (QED) is 0.571. The van der Waals surface area contributed by atoms with Crippen molar-refractivity contribution < 1.29 is 24.8 Å². The van der Waals surface area contributed by atoms with Crippen LogP contribution in [-0.2, 0) is 0 Å². The zero-order chi connectivity index (χ0) is 15.8. The summed E-state index contributed by atoms with van der Waals surface area (Å²) >= 11 is 0. The second-order valence-corrected chi connectivity index (χ2v) is 7.68. The standard InChI is InChI=1S/C15H26FNO4/c1-9(2)14(18,19)12(3)13(4-5-13)6-7-17(12)15(20,21)10-8-11(10)16/h9-11,18-21H,4-8H2,1-3H3/t10?,11?,12-/m1/s1. The first-order valence-corrected chi connectivity index (χ1v) is 7.82. The minimum absolute atomic E-state index is 0.109. The molecule has 122 valence electrons. The number of rotatable bonds is 4. The molecule has 0 bridgehead atoms. The van der Waals surface area contributed by atoms with E-state index >= 15 is 0 Å². The second kappa shape index (κ2) is 4.17. The first kappa shape index (κ1) is 15.6. The van der Waals surface area contributed by atoms with Crippen LogP contribution in [0.25, 0.3) is 0 Å². The molecule has 3 aliphatic rings. The molecular weight excluding hydrogens is 277 g/mol. The molecule has 0 radical (unpaired) electrons. The lowest BCUT2D eigenvalue weighted by Gasteiger charge is -2.53. The number of aliphatic hydroxyl groups is 4. The summed E-state index contributed by atoms with van der Waals surface area (Å²) in [5.41, 5.74) is -1.52. The highest BCUT2D eigenvalue weighted by atomic mass is 19.1. The van der Waals surface area contributed by atoms with Gasteiger partial charge in [0.1, 0.15) is 6.17 Å². The molecule has 3 fully saturated rings. The van der Waals surface area contributed by atoms with Crippen LogP contribution in [-0.4, -0.2) is 55.3 Å². The second-order valence-electron chi connectivity index (χ2n) is 7.68. The van der Waals surface area contributed by atoms with E-state index in [1.807, 2.05) is 0 Å². The third-order valence-electron chi connectivity index (χ3n) is 6.37. The lowest BCUT2D eigenvalue weighted by Crippen LogP contribution is -2.71. The number of nitrogens with zero attached hydrogens (tertiary/aromatic N) is 1. The normalized spacial score (nSPS) is 39.3. The Bertz CT molecular complexity index is 449. The van der Waals surface area contributed by atoms with Gasteiger partial charge >= 0.3 is 0 Å². The molecule has 21 heavy (non-hydrogen) atoms. The van der Waals surface area contributed by atoms with Crippen molar-refractivity contribution >= 4 is 0 Å². The Morgan fingerprint density at radius 3 is 2.05 bits per heavy atom. The van der Waals surface area contributed by atoms with Crippen LogP contribution in [0.3, 0.4) is 0 Å². The van der Waals surface area contributed by atoms with E-state index in [1.165, 1.54) is 4.90 Å². The summed E-state index contributed by atoms with van der Waals surface area (Å²) in [7, 11) is 0. The summed E-state index contributed by atoms with van der Waals surface area (Å²) in [6.45, 7) is 5.42. The Balaban J connectivity index is 2.01. The molecule has 0 aromatic rings. The SMILES string of the molecule is CC(C)C(O)(O)[C@]1(C)N(C(O)(O)C2CC2F)CCC12CC2. The molecule has 6 heteroatoms. The molecule has 0 aromatic carbocycles. The third-order valence-corrected chi connectivity index (χ3v) is 6.37. The summed E-state index contributed by atoms with van der Waals surface area (Å²) in [6, 6.07) is 0. The van der Waals surface area contributed by atoms with E-state index in [4.69, 9.17) is 0 Å². The summed E-state index contributed by atoms with van der Waals surface area (Å²) in [5, 5.41) is 42.4. The highest BCUT2D eigenvalue weighted by molar-refractivity contribution is 5.23. The number of likely N-dealkylation sites (tertiary alicyclic amines) is 1. The van der Waals surface area contributed by atoms with Crippen molar-refractivity contribution in [3.63, 3.8) is 0 Å². The predicted octanol–water partition coefficient (Wildman–Crippen LogP) is 0.564. The van der Waals surface area contributed by atoms with E-state index in [1.54, 1.807) is 20.8 Å². The van der Waals surface area contributed by atoms with Gasteiger partial charge in [-0.1, -0.05) is 13.8 Å². The largest absolute Gasteiger partial charge is 0.364 e. The maximum atomic E-state index is 13.4. The zero-order valence-corrected chi connectivity index (χ0v) is 12.9. The van der Waals surface area contributed by atoms with Crippen molar-refractivity contribution in [2.45, 2.75) is 69.9 Å². The van der Waals surface area contributed by atoms with Gasteiger partial charge in [0.15, 0.2) is 5.79 Å². The summed E-state index contributed by atoms with van der Waals surface area (Å²) in [5.74, 6) is -5.74. The van der Waals surface area contributed by atoms with Gasteiger partial charge in [-0.3, -0.25) is 0 Å². The van der Waals surface area contributed by atoms with E-state index in [0.29, 0.717) is 13.0 Å². The molecule has 1 spiro atoms. The molecule has 2 unspecified atom stereocenters. The van der Waals surface area contributed by atoms with Gasteiger partial charge in [-0.05, 0) is 38.0 Å². The molecule has 0 aromatic heterocycles. The van der Waals surface area contributed by atoms with E-state index in [0.717, 1.165) is 12.8 Å². The highest BCUT2D eigenvalue weighted by Crippen LogP contribution is 2.68. The fourth-order valence-electron chi connectivity index (χ4n) is 4.38. The zero-order valence-electron chi connectivity index (χ0n) is 12.9. The minimum Gasteiger partial charge on any atom is -0.364 e. The third kappa shape index (κ3) is 1.80. The number of alkyl halides is 1. The lowest BCUT2D eigenvalue weighted by molar-refractivity contribution is -0.357. The summed E-state index contributed by atoms with van der Waals surface area (Å²) in [4.78, 5) is 1.34. The molecule has 1 aliphatic heterocycles. The summed E-state index contributed by atoms with van der Waals surface area (Å²) in [6.07, 6.45) is 1.21. The molecule has 1 saturated heterocycles. The van der Waals surface area contributed by atoms with Gasteiger partial charge in [-0.25, -0.2) is 9.29 Å². The molecule has 0 amide bonds. The average molecular weight is 303 g/mol. The van der Waals surface area contributed by atoms with Crippen LogP contribution in [0.15, 0.2) is 0 Å². The van der Waals surface area contributed by atoms with Crippen LogP contribution in [0.1, 0.15) is 46.5 Å². The van der Waals surface area contributed by atoms with Gasteiger partial charge in [-0.15, -0.1) is 0 Å². The van der Waals surface area contributed by atoms with Gasteiger partial charge in [0.05, 0.1) is 11.5 Å². The predicted molar refractivity (Wildman–Crippen MR) is 73.6 cm³/mol. The van der Waals surface area contributed by atoms with Crippen molar-refractivity contribution in [3.05, 3.63) is 0 Å². The Labute approximate surface area is 124 Å². The van der Waals surface area contributed by atoms with Crippen molar-refractivity contribution in [1.82, 2.24) is 4.90 Å². The fourth-order valence-corrected chi connectivity index (χ4v) is 4.38. The van der Waals surface area contributed by atoms with Crippen LogP contribution >= 0.6 is 0 Å². The van der Waals surface area contributed by atoms with Gasteiger partial charge in [0.25, 0.3) is 0 Å². The number of hydrogen-bond donors (Lipinski definition) is 4. The Morgan fingerprint density at radius 2 is 1.67 bits per heavy atom. The maximum absolute atomic E-state index is 13.4. The number of halogens is 1. The Kier molecular flexibility index (Phi) is 3.10. The van der Waals surface area contributed by atoms with Crippen molar-refractivity contribution in [3.8, 4) is 0 Å². The van der Waals surface area contributed by atoms with E-state index < -0.39 is 35.2 Å². The van der Waals surface area contributed by atoms with E-state index in [9.17, 15) is 24.8 Å². The molecule has 2 saturated carbocycles. The molecule has 2 aliphatic carbocycles. The molecular formula is C15H26FNO4. The van der Waals surface area contributed by atoms with Crippen molar-refractivity contribution in [2.24, 2.45) is 17.3 Å². The summed E-state index contributed by atoms with van der Waals surface area (Å²) < 4.78 is 13.4. The Morgan fingerprint density at radius 1 is 1.14 bits per heavy atom. The van der Waals surface area contributed by atoms with Gasteiger partial charge in [-0.2, -0.15) is 0 Å². The van der Waals surface area contributed by atoms with Crippen molar-refractivity contribution in [1.29, 1.82) is 0 Å². The van der Waals surface area contributed by atoms with Crippen LogP contribution in [0.2, 0.25) is 0 Å². The maximum Gasteiger partial charge on any atom is 0.231 e. The topological polar surface area (TPSA) is 84.2 Å². The molecule has 1 heterocycles. The molecule has 3 atom stereocenters. The molecule has 5 nitrogen and oxygen atoms in total. The van der Waals surface area contributed by atoms with Crippen molar-refractivity contribution in [2.75, 3.05) is 6.54 Å². The van der Waals surface area contributed by atoms with Crippen LogP contribution in [0.4, 0.5) is 4.39 Å². The smallest absolute Gasteiger partial charge is 0.231 e.